The molecule has 0 aromatic rings. The first-order valence-electron chi connectivity index (χ1n) is 33.4. The Bertz CT molecular complexity index is 1100. The van der Waals surface area contributed by atoms with Gasteiger partial charge in [0, 0.05) is 12.8 Å². The van der Waals surface area contributed by atoms with E-state index < -0.39 is 12.1 Å². The highest BCUT2D eigenvalue weighted by Gasteiger charge is 2.20. The van der Waals surface area contributed by atoms with Crippen molar-refractivity contribution < 1.29 is 24.5 Å². The molecule has 73 heavy (non-hydrogen) atoms. The number of amides is 1. The summed E-state index contributed by atoms with van der Waals surface area (Å²) in [6.07, 6.45) is 76.7. The molecular weight excluding hydrogens is 899 g/mol. The highest BCUT2D eigenvalue weighted by atomic mass is 16.5. The summed E-state index contributed by atoms with van der Waals surface area (Å²) in [4.78, 5) is 24.6. The Hall–Kier alpha value is -1.40. The molecular formula is C67H131NO5. The zero-order chi connectivity index (χ0) is 52.9. The number of ether oxygens (including phenoxy) is 1. The first-order valence-corrected chi connectivity index (χ1v) is 33.4. The van der Waals surface area contributed by atoms with Gasteiger partial charge in [0.1, 0.15) is 0 Å². The standard InChI is InChI=1S/C67H131NO5/c1-3-5-7-9-11-13-15-17-19-21-23-24-25-26-27-29-30-32-35-39-43-47-51-55-59-65(70)64(63-69)68-66(71)60-56-52-48-44-40-36-34-38-42-46-50-54-58-62-73-67(72)61-57-53-49-45-41-37-33-31-28-22-20-18-16-14-12-10-8-6-4-2/h36,40,64-65,69-70H,3-35,37-39,41-63H2,1-2H3,(H,68,71)/b40-36-. The van der Waals surface area contributed by atoms with E-state index in [0.29, 0.717) is 25.9 Å². The van der Waals surface area contributed by atoms with Crippen LogP contribution in [0.4, 0.5) is 0 Å². The molecule has 0 fully saturated rings. The maximum Gasteiger partial charge on any atom is 0.305 e. The summed E-state index contributed by atoms with van der Waals surface area (Å²) in [6.45, 7) is 4.96. The molecule has 0 aliphatic heterocycles. The van der Waals surface area contributed by atoms with Crippen LogP contribution in [0.2, 0.25) is 0 Å². The van der Waals surface area contributed by atoms with Gasteiger partial charge in [-0.2, -0.15) is 0 Å². The summed E-state index contributed by atoms with van der Waals surface area (Å²) in [5.74, 6) is -0.0661. The molecule has 0 saturated carbocycles. The van der Waals surface area contributed by atoms with Crippen LogP contribution in [-0.2, 0) is 14.3 Å². The van der Waals surface area contributed by atoms with Crippen LogP contribution in [0.5, 0.6) is 0 Å². The molecule has 0 aliphatic carbocycles. The van der Waals surface area contributed by atoms with Crippen LogP contribution in [0.15, 0.2) is 12.2 Å². The topological polar surface area (TPSA) is 95.9 Å². The second-order valence-electron chi connectivity index (χ2n) is 23.2. The fourth-order valence-corrected chi connectivity index (χ4v) is 10.7. The van der Waals surface area contributed by atoms with Crippen molar-refractivity contribution in [2.45, 2.75) is 392 Å². The predicted molar refractivity (Wildman–Crippen MR) is 320 cm³/mol. The van der Waals surface area contributed by atoms with Gasteiger partial charge < -0.3 is 20.3 Å². The lowest BCUT2D eigenvalue weighted by Crippen LogP contribution is -2.45. The van der Waals surface area contributed by atoms with Crippen molar-refractivity contribution in [2.24, 2.45) is 0 Å². The molecule has 0 rings (SSSR count). The van der Waals surface area contributed by atoms with Gasteiger partial charge in [-0.25, -0.2) is 0 Å². The molecule has 0 aliphatic rings. The number of aliphatic hydroxyl groups is 2. The predicted octanol–water partition coefficient (Wildman–Crippen LogP) is 21.2. The van der Waals surface area contributed by atoms with Gasteiger partial charge in [-0.15, -0.1) is 0 Å². The quantitative estimate of drug-likeness (QED) is 0.0320. The average Bonchev–Trinajstić information content (AvgIpc) is 3.39. The fraction of sp³-hybridized carbons (Fsp3) is 0.940. The van der Waals surface area contributed by atoms with Gasteiger partial charge in [-0.05, 0) is 51.4 Å². The minimum atomic E-state index is -0.682. The van der Waals surface area contributed by atoms with Gasteiger partial charge in [0.25, 0.3) is 0 Å². The number of carbonyl (C=O) groups excluding carboxylic acids is 2. The van der Waals surface area contributed by atoms with Gasteiger partial charge in [0.15, 0.2) is 0 Å². The molecule has 434 valence electrons. The molecule has 2 atom stereocenters. The molecule has 0 aromatic carbocycles. The van der Waals surface area contributed by atoms with E-state index in [2.05, 4.69) is 31.3 Å². The number of nitrogens with one attached hydrogen (secondary N) is 1. The Morgan fingerprint density at radius 2 is 0.644 bits per heavy atom. The zero-order valence-electron chi connectivity index (χ0n) is 49.6. The minimum absolute atomic E-state index is 0.00626. The Morgan fingerprint density at radius 1 is 0.370 bits per heavy atom. The summed E-state index contributed by atoms with van der Waals surface area (Å²) in [7, 11) is 0. The van der Waals surface area contributed by atoms with Gasteiger partial charge in [0.2, 0.25) is 5.91 Å². The van der Waals surface area contributed by atoms with Crippen molar-refractivity contribution in [2.75, 3.05) is 13.2 Å². The van der Waals surface area contributed by atoms with E-state index in [1.165, 1.54) is 276 Å². The van der Waals surface area contributed by atoms with Crippen molar-refractivity contribution in [1.29, 1.82) is 0 Å². The molecule has 0 aromatic heterocycles. The zero-order valence-corrected chi connectivity index (χ0v) is 49.6. The normalized spacial score (nSPS) is 12.5. The summed E-state index contributed by atoms with van der Waals surface area (Å²) in [6, 6.07) is -0.562. The number of allylic oxidation sites excluding steroid dienone is 2. The molecule has 6 nitrogen and oxygen atoms in total. The Balaban J connectivity index is 3.44. The fourth-order valence-electron chi connectivity index (χ4n) is 10.7. The Kier molecular flexibility index (Phi) is 61.9. The number of rotatable bonds is 63. The van der Waals surface area contributed by atoms with Crippen molar-refractivity contribution >= 4 is 11.9 Å². The molecule has 0 radical (unpaired) electrons. The smallest absolute Gasteiger partial charge is 0.305 e. The average molecular weight is 1030 g/mol. The Morgan fingerprint density at radius 3 is 0.986 bits per heavy atom. The van der Waals surface area contributed by atoms with Crippen molar-refractivity contribution in [3.63, 3.8) is 0 Å². The lowest BCUT2D eigenvalue weighted by atomic mass is 10.0. The molecule has 0 spiro atoms. The summed E-state index contributed by atoms with van der Waals surface area (Å²) in [5, 5.41) is 23.4. The second kappa shape index (κ2) is 63.1. The van der Waals surface area contributed by atoms with Crippen LogP contribution >= 0.6 is 0 Å². The highest BCUT2D eigenvalue weighted by molar-refractivity contribution is 5.76. The van der Waals surface area contributed by atoms with Crippen molar-refractivity contribution in [3.8, 4) is 0 Å². The van der Waals surface area contributed by atoms with Crippen molar-refractivity contribution in [3.05, 3.63) is 12.2 Å². The van der Waals surface area contributed by atoms with Crippen LogP contribution in [0, 0.1) is 0 Å². The molecule has 0 bridgehead atoms. The van der Waals surface area contributed by atoms with Crippen LogP contribution in [-0.4, -0.2) is 47.4 Å². The molecule has 2 unspecified atom stereocenters. The van der Waals surface area contributed by atoms with E-state index in [9.17, 15) is 19.8 Å². The highest BCUT2D eigenvalue weighted by Crippen LogP contribution is 2.19. The van der Waals surface area contributed by atoms with Gasteiger partial charge >= 0.3 is 5.97 Å². The van der Waals surface area contributed by atoms with Gasteiger partial charge in [-0.3, -0.25) is 9.59 Å². The molecule has 6 heteroatoms. The van der Waals surface area contributed by atoms with E-state index in [1.807, 2.05) is 0 Å². The molecule has 3 N–H and O–H groups in total. The maximum atomic E-state index is 12.5. The summed E-state index contributed by atoms with van der Waals surface area (Å²) < 4.78 is 5.49. The van der Waals surface area contributed by atoms with Gasteiger partial charge in [-0.1, -0.05) is 328 Å². The van der Waals surface area contributed by atoms with E-state index in [-0.39, 0.29) is 18.5 Å². The molecule has 1 amide bonds. The lowest BCUT2D eigenvalue weighted by molar-refractivity contribution is -0.143. The SMILES string of the molecule is CCCCCCCCCCCCCCCCCCCCCCCCCCC(O)C(CO)NC(=O)CCCCC/C=C\CCCCCCCCOC(=O)CCCCCCCCCCCCCCCCCCCCC. The summed E-state index contributed by atoms with van der Waals surface area (Å²) >= 11 is 0. The first kappa shape index (κ1) is 71.6. The molecule has 0 saturated heterocycles. The number of carbonyl (C=O) groups is 2. The van der Waals surface area contributed by atoms with Crippen LogP contribution in [0.1, 0.15) is 380 Å². The first-order chi connectivity index (χ1) is 36.0. The third-order valence-corrected chi connectivity index (χ3v) is 15.8. The van der Waals surface area contributed by atoms with Gasteiger partial charge in [0.05, 0.1) is 25.4 Å². The largest absolute Gasteiger partial charge is 0.466 e. The van der Waals surface area contributed by atoms with Crippen molar-refractivity contribution in [1.82, 2.24) is 5.32 Å². The monoisotopic (exact) mass is 1030 g/mol. The third kappa shape index (κ3) is 59.7. The number of unbranched alkanes of at least 4 members (excludes halogenated alkanes) is 50. The maximum absolute atomic E-state index is 12.5. The van der Waals surface area contributed by atoms with E-state index in [1.54, 1.807) is 0 Å². The summed E-state index contributed by atoms with van der Waals surface area (Å²) in [5.41, 5.74) is 0. The Labute approximate surface area is 457 Å². The van der Waals surface area contributed by atoms with E-state index >= 15 is 0 Å². The van der Waals surface area contributed by atoms with Crippen LogP contribution in [0.25, 0.3) is 0 Å². The number of aliphatic hydroxyl groups excluding tert-OH is 2. The number of hydrogen-bond donors (Lipinski definition) is 3. The number of hydrogen-bond acceptors (Lipinski definition) is 5. The third-order valence-electron chi connectivity index (χ3n) is 15.8. The van der Waals surface area contributed by atoms with Crippen LogP contribution in [0.3, 0.4) is 0 Å². The second-order valence-corrected chi connectivity index (χ2v) is 23.2. The van der Waals surface area contributed by atoms with E-state index in [4.69, 9.17) is 4.74 Å². The lowest BCUT2D eigenvalue weighted by Gasteiger charge is -2.22. The van der Waals surface area contributed by atoms with E-state index in [0.717, 1.165) is 70.6 Å². The number of esters is 1. The van der Waals surface area contributed by atoms with Crippen LogP contribution < -0.4 is 5.32 Å². The minimum Gasteiger partial charge on any atom is -0.466 e. The molecule has 0 heterocycles.